The molecular formula is C28H38N2O4. The fourth-order valence-corrected chi connectivity index (χ4v) is 4.17. The fraction of sp³-hybridized carbons (Fsp3) is 0.500. The Bertz CT molecular complexity index is 971. The molecule has 0 aliphatic carbocycles. The van der Waals surface area contributed by atoms with Gasteiger partial charge < -0.3 is 19.7 Å². The van der Waals surface area contributed by atoms with E-state index < -0.39 is 0 Å². The van der Waals surface area contributed by atoms with Gasteiger partial charge in [-0.2, -0.15) is 0 Å². The Morgan fingerprint density at radius 2 is 1.71 bits per heavy atom. The first-order valence-corrected chi connectivity index (χ1v) is 12.1. The lowest BCUT2D eigenvalue weighted by Crippen LogP contribution is -2.44. The van der Waals surface area contributed by atoms with Crippen LogP contribution in [0, 0.1) is 0 Å². The van der Waals surface area contributed by atoms with E-state index in [0.29, 0.717) is 36.5 Å². The van der Waals surface area contributed by atoms with E-state index >= 15 is 0 Å². The minimum atomic E-state index is -0.0224. The quantitative estimate of drug-likeness (QED) is 0.409. The lowest BCUT2D eigenvalue weighted by atomic mass is 9.87. The molecule has 6 nitrogen and oxygen atoms in total. The number of rotatable bonds is 9. The Balaban J connectivity index is 1.38. The Hall–Kier alpha value is -3.02. The summed E-state index contributed by atoms with van der Waals surface area (Å²) in [6, 6.07) is 14.2. The molecule has 1 aliphatic heterocycles. The van der Waals surface area contributed by atoms with Crippen molar-refractivity contribution in [2.45, 2.75) is 64.8 Å². The second-order valence-corrected chi connectivity index (χ2v) is 10.00. The van der Waals surface area contributed by atoms with Crippen LogP contribution in [-0.2, 0) is 10.2 Å². The van der Waals surface area contributed by atoms with E-state index in [0.717, 1.165) is 25.9 Å². The summed E-state index contributed by atoms with van der Waals surface area (Å²) in [6.07, 6.45) is 2.93. The highest BCUT2D eigenvalue weighted by molar-refractivity contribution is 5.94. The SMILES string of the molecule is COc1cc(C(C)=O)ccc1OCCCC(=O)NC1CCN(c2ccc(C(C)(C)C)cc2)CC1. The third kappa shape index (κ3) is 6.99. The van der Waals surface area contributed by atoms with Crippen LogP contribution in [0.25, 0.3) is 0 Å². The highest BCUT2D eigenvalue weighted by Gasteiger charge is 2.21. The normalized spacial score (nSPS) is 14.6. The van der Waals surface area contributed by atoms with Crippen LogP contribution in [0.15, 0.2) is 42.5 Å². The maximum absolute atomic E-state index is 12.4. The number of nitrogens with zero attached hydrogens (tertiary/aromatic N) is 1. The number of piperidine rings is 1. The van der Waals surface area contributed by atoms with Crippen LogP contribution >= 0.6 is 0 Å². The number of ketones is 1. The van der Waals surface area contributed by atoms with E-state index in [1.54, 1.807) is 25.3 Å². The topological polar surface area (TPSA) is 67.9 Å². The molecule has 0 unspecified atom stereocenters. The number of carbonyl (C=O) groups is 2. The van der Waals surface area contributed by atoms with E-state index in [2.05, 4.69) is 55.3 Å². The molecule has 2 aromatic rings. The number of methoxy groups -OCH3 is 1. The number of Topliss-reactive ketones (excluding diaryl/α,β-unsaturated/α-hetero) is 1. The van der Waals surface area contributed by atoms with Crippen molar-refractivity contribution < 1.29 is 19.1 Å². The van der Waals surface area contributed by atoms with Gasteiger partial charge in [0.25, 0.3) is 0 Å². The van der Waals surface area contributed by atoms with Gasteiger partial charge in [-0.15, -0.1) is 0 Å². The molecule has 1 saturated heterocycles. The number of ether oxygens (including phenoxy) is 2. The van der Waals surface area contributed by atoms with Crippen LogP contribution in [0.5, 0.6) is 11.5 Å². The van der Waals surface area contributed by atoms with E-state index in [4.69, 9.17) is 9.47 Å². The Kier molecular flexibility index (Phi) is 8.59. The van der Waals surface area contributed by atoms with Crippen LogP contribution < -0.4 is 19.7 Å². The number of benzene rings is 2. The van der Waals surface area contributed by atoms with Gasteiger partial charge in [-0.25, -0.2) is 0 Å². The van der Waals surface area contributed by atoms with Crippen LogP contribution in [0.4, 0.5) is 5.69 Å². The molecule has 0 atom stereocenters. The predicted molar refractivity (Wildman–Crippen MR) is 136 cm³/mol. The van der Waals surface area contributed by atoms with Gasteiger partial charge in [-0.05, 0) is 67.5 Å². The van der Waals surface area contributed by atoms with Gasteiger partial charge in [0.05, 0.1) is 13.7 Å². The van der Waals surface area contributed by atoms with Crippen LogP contribution in [0.2, 0.25) is 0 Å². The molecule has 0 aromatic heterocycles. The summed E-state index contributed by atoms with van der Waals surface area (Å²) in [6.45, 7) is 10.5. The third-order valence-electron chi connectivity index (χ3n) is 6.33. The van der Waals surface area contributed by atoms with Gasteiger partial charge in [0, 0.05) is 36.8 Å². The number of anilines is 1. The van der Waals surface area contributed by atoms with E-state index in [1.165, 1.54) is 18.2 Å². The van der Waals surface area contributed by atoms with E-state index in [-0.39, 0.29) is 23.1 Å². The average Bonchev–Trinajstić information content (AvgIpc) is 2.81. The predicted octanol–water partition coefficient (Wildman–Crippen LogP) is 5.14. The highest BCUT2D eigenvalue weighted by atomic mass is 16.5. The van der Waals surface area contributed by atoms with Gasteiger partial charge in [0.15, 0.2) is 17.3 Å². The first-order valence-electron chi connectivity index (χ1n) is 12.1. The standard InChI is InChI=1S/C28H38N2O4/c1-20(31)21-8-13-25(26(19-21)33-5)34-18-6-7-27(32)29-23-14-16-30(17-15-23)24-11-9-22(10-12-24)28(2,3)4/h8-13,19,23H,6-7,14-18H2,1-5H3,(H,29,32). The molecule has 1 amide bonds. The van der Waals surface area contributed by atoms with Crippen molar-refractivity contribution in [3.8, 4) is 11.5 Å². The molecule has 0 radical (unpaired) electrons. The Morgan fingerprint density at radius 3 is 2.29 bits per heavy atom. The first-order chi connectivity index (χ1) is 16.2. The molecule has 0 bridgehead atoms. The summed E-state index contributed by atoms with van der Waals surface area (Å²) in [5.41, 5.74) is 3.33. The summed E-state index contributed by atoms with van der Waals surface area (Å²) in [4.78, 5) is 26.3. The summed E-state index contributed by atoms with van der Waals surface area (Å²) in [5.74, 6) is 1.15. The number of amides is 1. The molecule has 34 heavy (non-hydrogen) atoms. The lowest BCUT2D eigenvalue weighted by molar-refractivity contribution is -0.122. The second-order valence-electron chi connectivity index (χ2n) is 10.00. The summed E-state index contributed by atoms with van der Waals surface area (Å²) in [7, 11) is 1.55. The summed E-state index contributed by atoms with van der Waals surface area (Å²) in [5, 5.41) is 3.18. The van der Waals surface area contributed by atoms with Crippen molar-refractivity contribution in [3.05, 3.63) is 53.6 Å². The van der Waals surface area contributed by atoms with Crippen LogP contribution in [0.3, 0.4) is 0 Å². The molecule has 1 N–H and O–H groups in total. The summed E-state index contributed by atoms with van der Waals surface area (Å²) >= 11 is 0. The van der Waals surface area contributed by atoms with E-state index in [9.17, 15) is 9.59 Å². The zero-order valence-corrected chi connectivity index (χ0v) is 21.1. The fourth-order valence-electron chi connectivity index (χ4n) is 4.17. The molecule has 1 fully saturated rings. The average molecular weight is 467 g/mol. The smallest absolute Gasteiger partial charge is 0.220 e. The monoisotopic (exact) mass is 466 g/mol. The molecule has 0 spiro atoms. The van der Waals surface area contributed by atoms with E-state index in [1.807, 2.05) is 0 Å². The Morgan fingerprint density at radius 1 is 1.03 bits per heavy atom. The highest BCUT2D eigenvalue weighted by Crippen LogP contribution is 2.29. The van der Waals surface area contributed by atoms with Crippen molar-refractivity contribution in [1.82, 2.24) is 5.32 Å². The first kappa shape index (κ1) is 25.6. The Labute approximate surface area is 203 Å². The minimum Gasteiger partial charge on any atom is -0.493 e. The van der Waals surface area contributed by atoms with Crippen LogP contribution in [0.1, 0.15) is 69.3 Å². The van der Waals surface area contributed by atoms with Crippen molar-refractivity contribution in [3.63, 3.8) is 0 Å². The molecule has 0 saturated carbocycles. The molecular weight excluding hydrogens is 428 g/mol. The number of hydrogen-bond acceptors (Lipinski definition) is 5. The second kappa shape index (κ2) is 11.4. The molecule has 6 heteroatoms. The van der Waals surface area contributed by atoms with Crippen LogP contribution in [-0.4, -0.2) is 44.5 Å². The van der Waals surface area contributed by atoms with Gasteiger partial charge in [0.2, 0.25) is 5.91 Å². The zero-order chi connectivity index (χ0) is 24.7. The molecule has 3 rings (SSSR count). The zero-order valence-electron chi connectivity index (χ0n) is 21.1. The van der Waals surface area contributed by atoms with Crippen molar-refractivity contribution in [2.75, 3.05) is 31.7 Å². The molecule has 2 aromatic carbocycles. The summed E-state index contributed by atoms with van der Waals surface area (Å²) < 4.78 is 11.1. The van der Waals surface area contributed by atoms with Gasteiger partial charge in [-0.3, -0.25) is 9.59 Å². The van der Waals surface area contributed by atoms with Crippen molar-refractivity contribution in [1.29, 1.82) is 0 Å². The maximum atomic E-state index is 12.4. The molecule has 184 valence electrons. The van der Waals surface area contributed by atoms with Crippen molar-refractivity contribution in [2.24, 2.45) is 0 Å². The lowest BCUT2D eigenvalue weighted by Gasteiger charge is -2.34. The molecule has 1 heterocycles. The number of nitrogens with one attached hydrogen (secondary N) is 1. The maximum Gasteiger partial charge on any atom is 0.220 e. The number of carbonyl (C=O) groups excluding carboxylic acids is 2. The third-order valence-corrected chi connectivity index (χ3v) is 6.33. The van der Waals surface area contributed by atoms with Gasteiger partial charge in [-0.1, -0.05) is 32.9 Å². The van der Waals surface area contributed by atoms with Gasteiger partial charge >= 0.3 is 0 Å². The minimum absolute atomic E-state index is 0.0224. The largest absolute Gasteiger partial charge is 0.493 e. The number of hydrogen-bond donors (Lipinski definition) is 1. The van der Waals surface area contributed by atoms with Crippen molar-refractivity contribution >= 4 is 17.4 Å². The molecule has 1 aliphatic rings. The van der Waals surface area contributed by atoms with Gasteiger partial charge in [0.1, 0.15) is 0 Å².